The quantitative estimate of drug-likeness (QED) is 0.465. The number of methoxy groups -OCH3 is 1. The van der Waals surface area contributed by atoms with E-state index < -0.39 is 16.5 Å². The van der Waals surface area contributed by atoms with Gasteiger partial charge in [-0.25, -0.2) is 4.79 Å². The van der Waals surface area contributed by atoms with Crippen LogP contribution >= 0.6 is 0 Å². The van der Waals surface area contributed by atoms with E-state index in [9.17, 15) is 14.9 Å². The first-order valence-corrected chi connectivity index (χ1v) is 6.16. The summed E-state index contributed by atoms with van der Waals surface area (Å²) in [4.78, 5) is 24.8. The molecule has 0 spiro atoms. The monoisotopic (exact) mass is 280 g/mol. The molecule has 1 aromatic carbocycles. The van der Waals surface area contributed by atoms with Crippen LogP contribution < -0.4 is 0 Å². The number of carbonyl (C=O) groups excluding carboxylic acids is 1. The molecule has 1 fully saturated rings. The number of morpholine rings is 1. The van der Waals surface area contributed by atoms with Crippen molar-refractivity contribution in [3.8, 4) is 0 Å². The first-order chi connectivity index (χ1) is 9.51. The lowest BCUT2D eigenvalue weighted by atomic mass is 9.90. The van der Waals surface area contributed by atoms with Crippen molar-refractivity contribution in [2.45, 2.75) is 5.60 Å². The summed E-state index contributed by atoms with van der Waals surface area (Å²) in [6.45, 7) is 1.17. The van der Waals surface area contributed by atoms with Crippen molar-refractivity contribution in [3.05, 3.63) is 39.9 Å². The second kappa shape index (κ2) is 5.56. The first kappa shape index (κ1) is 14.4. The van der Waals surface area contributed by atoms with Gasteiger partial charge in [0.25, 0.3) is 5.69 Å². The molecule has 108 valence electrons. The van der Waals surface area contributed by atoms with E-state index in [2.05, 4.69) is 0 Å². The molecule has 0 N–H and O–H groups in total. The average molecular weight is 280 g/mol. The molecule has 0 aromatic heterocycles. The average Bonchev–Trinajstić information content (AvgIpc) is 2.46. The minimum absolute atomic E-state index is 0.145. The molecule has 1 heterocycles. The molecule has 1 aliphatic rings. The summed E-state index contributed by atoms with van der Waals surface area (Å²) in [6, 6.07) is 6.09. The maximum Gasteiger partial charge on any atom is 0.344 e. The lowest BCUT2D eigenvalue weighted by Gasteiger charge is -2.38. The maximum atomic E-state index is 12.2. The Morgan fingerprint density at radius 2 is 2.20 bits per heavy atom. The Labute approximate surface area is 116 Å². The highest BCUT2D eigenvalue weighted by Crippen LogP contribution is 2.36. The molecule has 20 heavy (non-hydrogen) atoms. The normalized spacial score (nSPS) is 23.3. The Bertz CT molecular complexity index is 533. The number of ether oxygens (including phenoxy) is 2. The van der Waals surface area contributed by atoms with Crippen molar-refractivity contribution >= 4 is 11.7 Å². The van der Waals surface area contributed by atoms with Crippen LogP contribution in [0.1, 0.15) is 5.56 Å². The van der Waals surface area contributed by atoms with Gasteiger partial charge in [0.1, 0.15) is 0 Å². The minimum Gasteiger partial charge on any atom is -0.467 e. The van der Waals surface area contributed by atoms with E-state index in [4.69, 9.17) is 9.47 Å². The maximum absolute atomic E-state index is 12.2. The molecule has 0 radical (unpaired) electrons. The van der Waals surface area contributed by atoms with E-state index in [0.29, 0.717) is 13.2 Å². The smallest absolute Gasteiger partial charge is 0.344 e. The van der Waals surface area contributed by atoms with Gasteiger partial charge in [-0.3, -0.25) is 10.1 Å². The van der Waals surface area contributed by atoms with Crippen molar-refractivity contribution in [2.24, 2.45) is 0 Å². The van der Waals surface area contributed by atoms with Crippen LogP contribution in [-0.4, -0.2) is 49.6 Å². The number of esters is 1. The van der Waals surface area contributed by atoms with Gasteiger partial charge in [-0.05, 0) is 13.1 Å². The van der Waals surface area contributed by atoms with Crippen LogP contribution in [0.2, 0.25) is 0 Å². The lowest BCUT2D eigenvalue weighted by molar-refractivity contribution is -0.386. The highest BCUT2D eigenvalue weighted by atomic mass is 16.6. The largest absolute Gasteiger partial charge is 0.467 e. The molecule has 1 saturated heterocycles. The molecule has 0 bridgehead atoms. The van der Waals surface area contributed by atoms with Gasteiger partial charge in [-0.2, -0.15) is 0 Å². The third-order valence-electron chi connectivity index (χ3n) is 3.37. The molecule has 2 rings (SSSR count). The number of nitro benzene ring substituents is 1. The summed E-state index contributed by atoms with van der Waals surface area (Å²) < 4.78 is 10.5. The van der Waals surface area contributed by atoms with Crippen LogP contribution in [0.15, 0.2) is 24.3 Å². The van der Waals surface area contributed by atoms with Gasteiger partial charge in [-0.1, -0.05) is 12.1 Å². The SMILES string of the molecule is COC(=O)C1(c2ccccc2[N+](=O)[O-])CN(C)CCO1. The van der Waals surface area contributed by atoms with E-state index in [1.54, 1.807) is 12.1 Å². The second-order valence-corrected chi connectivity index (χ2v) is 4.68. The second-order valence-electron chi connectivity index (χ2n) is 4.68. The molecule has 1 aromatic rings. The molecular formula is C13H16N2O5. The van der Waals surface area contributed by atoms with E-state index in [1.807, 2.05) is 11.9 Å². The molecule has 7 heteroatoms. The third-order valence-corrected chi connectivity index (χ3v) is 3.37. The summed E-state index contributed by atoms with van der Waals surface area (Å²) in [5, 5.41) is 11.2. The van der Waals surface area contributed by atoms with Crippen molar-refractivity contribution in [3.63, 3.8) is 0 Å². The molecule has 0 aliphatic carbocycles. The van der Waals surface area contributed by atoms with E-state index in [-0.39, 0.29) is 17.8 Å². The van der Waals surface area contributed by atoms with E-state index >= 15 is 0 Å². The third kappa shape index (κ3) is 2.37. The summed E-state index contributed by atoms with van der Waals surface area (Å²) in [6.07, 6.45) is 0. The van der Waals surface area contributed by atoms with Gasteiger partial charge in [0.2, 0.25) is 5.60 Å². The number of carbonyl (C=O) groups is 1. The number of hydrogen-bond acceptors (Lipinski definition) is 6. The molecule has 0 saturated carbocycles. The molecule has 1 aliphatic heterocycles. The number of para-hydroxylation sites is 1. The Kier molecular flexibility index (Phi) is 4.01. The first-order valence-electron chi connectivity index (χ1n) is 6.16. The van der Waals surface area contributed by atoms with Crippen LogP contribution in [0.5, 0.6) is 0 Å². The Morgan fingerprint density at radius 3 is 2.80 bits per heavy atom. The Balaban J connectivity index is 2.58. The van der Waals surface area contributed by atoms with Crippen LogP contribution in [0, 0.1) is 10.1 Å². The van der Waals surface area contributed by atoms with Crippen LogP contribution in [0.25, 0.3) is 0 Å². The van der Waals surface area contributed by atoms with Gasteiger partial charge in [-0.15, -0.1) is 0 Å². The number of hydrogen-bond donors (Lipinski definition) is 0. The van der Waals surface area contributed by atoms with Crippen LogP contribution in [-0.2, 0) is 19.9 Å². The summed E-state index contributed by atoms with van der Waals surface area (Å²) >= 11 is 0. The summed E-state index contributed by atoms with van der Waals surface area (Å²) in [5.41, 5.74) is -1.37. The van der Waals surface area contributed by atoms with Crippen molar-refractivity contribution in [2.75, 3.05) is 33.9 Å². The van der Waals surface area contributed by atoms with Crippen molar-refractivity contribution < 1.29 is 19.2 Å². The lowest BCUT2D eigenvalue weighted by Crippen LogP contribution is -2.53. The van der Waals surface area contributed by atoms with Gasteiger partial charge in [0.15, 0.2) is 0 Å². The highest BCUT2D eigenvalue weighted by molar-refractivity contribution is 5.83. The zero-order valence-electron chi connectivity index (χ0n) is 11.4. The fraction of sp³-hybridized carbons (Fsp3) is 0.462. The van der Waals surface area contributed by atoms with Crippen molar-refractivity contribution in [1.29, 1.82) is 0 Å². The number of nitrogens with zero attached hydrogens (tertiary/aromatic N) is 2. The molecule has 7 nitrogen and oxygen atoms in total. The zero-order chi connectivity index (χ0) is 14.8. The topological polar surface area (TPSA) is 81.9 Å². The number of nitro groups is 1. The fourth-order valence-corrected chi connectivity index (χ4v) is 2.42. The standard InChI is InChI=1S/C13H16N2O5/c1-14-7-8-20-13(9-14,12(16)19-2)10-5-3-4-6-11(10)15(17)18/h3-6H,7-9H2,1-2H3. The van der Waals surface area contributed by atoms with Gasteiger partial charge in [0, 0.05) is 19.2 Å². The summed E-state index contributed by atoms with van der Waals surface area (Å²) in [5.74, 6) is -0.627. The van der Waals surface area contributed by atoms with Crippen LogP contribution in [0.4, 0.5) is 5.69 Å². The van der Waals surface area contributed by atoms with Crippen molar-refractivity contribution in [1.82, 2.24) is 4.90 Å². The highest BCUT2D eigenvalue weighted by Gasteiger charge is 2.49. The number of benzene rings is 1. The van der Waals surface area contributed by atoms with E-state index in [0.717, 1.165) is 0 Å². The molecule has 1 atom stereocenters. The minimum atomic E-state index is -1.45. The molecular weight excluding hydrogens is 264 g/mol. The predicted molar refractivity (Wildman–Crippen MR) is 70.2 cm³/mol. The van der Waals surface area contributed by atoms with Gasteiger partial charge in [0.05, 0.1) is 24.2 Å². The van der Waals surface area contributed by atoms with Crippen LogP contribution in [0.3, 0.4) is 0 Å². The number of likely N-dealkylation sites (N-methyl/N-ethyl adjacent to an activating group) is 1. The molecule has 1 unspecified atom stereocenters. The summed E-state index contributed by atoms with van der Waals surface area (Å²) in [7, 11) is 3.08. The zero-order valence-corrected chi connectivity index (χ0v) is 11.4. The van der Waals surface area contributed by atoms with Gasteiger partial charge >= 0.3 is 5.97 Å². The Morgan fingerprint density at radius 1 is 1.50 bits per heavy atom. The molecule has 0 amide bonds. The predicted octanol–water partition coefficient (Wildman–Crippen LogP) is 0.925. The van der Waals surface area contributed by atoms with E-state index in [1.165, 1.54) is 19.2 Å². The van der Waals surface area contributed by atoms with Gasteiger partial charge < -0.3 is 14.4 Å². The Hall–Kier alpha value is -1.99. The number of rotatable bonds is 3. The fourth-order valence-electron chi connectivity index (χ4n) is 2.42.